The quantitative estimate of drug-likeness (QED) is 0.564. The Hall–Kier alpha value is -3.06. The van der Waals surface area contributed by atoms with E-state index in [1.54, 1.807) is 6.26 Å². The number of para-hydroxylation sites is 1. The lowest BCUT2D eigenvalue weighted by Crippen LogP contribution is -2.40. The molecule has 4 rings (SSSR count). The summed E-state index contributed by atoms with van der Waals surface area (Å²) in [7, 11) is 0. The molecule has 0 bridgehead atoms. The molecule has 30 heavy (non-hydrogen) atoms. The third-order valence-corrected chi connectivity index (χ3v) is 5.46. The fraction of sp³-hybridized carbons (Fsp3) is 0.391. The summed E-state index contributed by atoms with van der Waals surface area (Å²) in [4.78, 5) is 12.4. The average molecular weight is 409 g/mol. The molecule has 7 heteroatoms. The van der Waals surface area contributed by atoms with Gasteiger partial charge in [-0.3, -0.25) is 4.79 Å². The van der Waals surface area contributed by atoms with Crippen molar-refractivity contribution in [2.75, 3.05) is 13.1 Å². The molecule has 3 aromatic rings. The number of amides is 1. The highest BCUT2D eigenvalue weighted by atomic mass is 16.5. The topological polar surface area (TPSA) is 89.5 Å². The van der Waals surface area contributed by atoms with Gasteiger partial charge in [-0.2, -0.15) is 0 Å². The third-order valence-electron chi connectivity index (χ3n) is 5.46. The Morgan fingerprint density at radius 3 is 2.90 bits per heavy atom. The molecular weight excluding hydrogens is 382 g/mol. The van der Waals surface area contributed by atoms with Gasteiger partial charge < -0.3 is 24.3 Å². The van der Waals surface area contributed by atoms with Crippen LogP contribution in [0.1, 0.15) is 30.1 Å². The van der Waals surface area contributed by atoms with E-state index >= 15 is 0 Å². The fourth-order valence-corrected chi connectivity index (χ4v) is 3.85. The summed E-state index contributed by atoms with van der Waals surface area (Å²) in [6.45, 7) is 2.58. The SMILES string of the molecule is O=C(CC1CCNCC1Cc1cc(COc2ccccc2)on1)NCc1ccco1. The molecule has 3 heterocycles. The average Bonchev–Trinajstić information content (AvgIpc) is 3.45. The normalized spacial score (nSPS) is 18.8. The molecular formula is C23H27N3O4. The van der Waals surface area contributed by atoms with Crippen LogP contribution in [0.15, 0.2) is 63.7 Å². The molecule has 0 aliphatic carbocycles. The number of piperidine rings is 1. The van der Waals surface area contributed by atoms with E-state index in [-0.39, 0.29) is 5.91 Å². The van der Waals surface area contributed by atoms with E-state index in [0.717, 1.165) is 43.1 Å². The first-order valence-corrected chi connectivity index (χ1v) is 10.4. The second-order valence-electron chi connectivity index (χ2n) is 7.66. The summed E-state index contributed by atoms with van der Waals surface area (Å²) in [5, 5.41) is 10.6. The van der Waals surface area contributed by atoms with Crippen molar-refractivity contribution in [2.24, 2.45) is 11.8 Å². The Morgan fingerprint density at radius 2 is 2.07 bits per heavy atom. The molecule has 0 saturated carbocycles. The van der Waals surface area contributed by atoms with Gasteiger partial charge in [0, 0.05) is 12.5 Å². The summed E-state index contributed by atoms with van der Waals surface area (Å²) >= 11 is 0. The number of aromatic nitrogens is 1. The van der Waals surface area contributed by atoms with Crippen LogP contribution in [-0.2, 0) is 24.4 Å². The molecule has 1 saturated heterocycles. The Balaban J connectivity index is 1.27. The van der Waals surface area contributed by atoms with Crippen molar-refractivity contribution in [1.82, 2.24) is 15.8 Å². The zero-order valence-corrected chi connectivity index (χ0v) is 16.9. The van der Waals surface area contributed by atoms with E-state index in [4.69, 9.17) is 13.7 Å². The maximum Gasteiger partial charge on any atom is 0.220 e. The van der Waals surface area contributed by atoms with E-state index in [9.17, 15) is 4.79 Å². The summed E-state index contributed by atoms with van der Waals surface area (Å²) in [6, 6.07) is 15.3. The molecule has 2 unspecified atom stereocenters. The van der Waals surface area contributed by atoms with Crippen LogP contribution in [0.5, 0.6) is 5.75 Å². The molecule has 1 aliphatic heterocycles. The van der Waals surface area contributed by atoms with Gasteiger partial charge in [-0.25, -0.2) is 0 Å². The molecule has 2 N–H and O–H groups in total. The van der Waals surface area contributed by atoms with Crippen molar-refractivity contribution in [2.45, 2.75) is 32.4 Å². The number of benzene rings is 1. The molecule has 0 spiro atoms. The van der Waals surface area contributed by atoms with Crippen LogP contribution in [-0.4, -0.2) is 24.2 Å². The van der Waals surface area contributed by atoms with E-state index in [1.165, 1.54) is 0 Å². The minimum atomic E-state index is 0.0559. The van der Waals surface area contributed by atoms with Crippen LogP contribution < -0.4 is 15.4 Å². The lowest BCUT2D eigenvalue weighted by atomic mass is 9.81. The van der Waals surface area contributed by atoms with Crippen LogP contribution in [0.4, 0.5) is 0 Å². The largest absolute Gasteiger partial charge is 0.486 e. The van der Waals surface area contributed by atoms with Crippen molar-refractivity contribution in [1.29, 1.82) is 0 Å². The molecule has 1 aliphatic rings. The minimum absolute atomic E-state index is 0.0559. The lowest BCUT2D eigenvalue weighted by molar-refractivity contribution is -0.122. The van der Waals surface area contributed by atoms with Gasteiger partial charge in [-0.15, -0.1) is 0 Å². The maximum atomic E-state index is 12.4. The maximum absolute atomic E-state index is 12.4. The highest BCUT2D eigenvalue weighted by Crippen LogP contribution is 2.26. The van der Waals surface area contributed by atoms with Gasteiger partial charge in [0.05, 0.1) is 18.5 Å². The van der Waals surface area contributed by atoms with Gasteiger partial charge >= 0.3 is 0 Å². The predicted molar refractivity (Wildman–Crippen MR) is 111 cm³/mol. The zero-order chi connectivity index (χ0) is 20.6. The van der Waals surface area contributed by atoms with Crippen LogP contribution in [0.3, 0.4) is 0 Å². The van der Waals surface area contributed by atoms with Crippen molar-refractivity contribution in [3.05, 3.63) is 72.0 Å². The highest BCUT2D eigenvalue weighted by molar-refractivity contribution is 5.76. The first kappa shape index (κ1) is 20.2. The molecule has 1 aromatic carbocycles. The Bertz CT molecular complexity index is 908. The third kappa shape index (κ3) is 5.73. The van der Waals surface area contributed by atoms with Gasteiger partial charge in [0.1, 0.15) is 18.1 Å². The van der Waals surface area contributed by atoms with Crippen molar-refractivity contribution in [3.63, 3.8) is 0 Å². The van der Waals surface area contributed by atoms with Gasteiger partial charge in [-0.05, 0) is 62.0 Å². The number of ether oxygens (including phenoxy) is 1. The van der Waals surface area contributed by atoms with Crippen molar-refractivity contribution < 1.29 is 18.5 Å². The number of hydrogen-bond donors (Lipinski definition) is 2. The van der Waals surface area contributed by atoms with Crippen LogP contribution in [0, 0.1) is 11.8 Å². The summed E-state index contributed by atoms with van der Waals surface area (Å²) in [5.41, 5.74) is 0.899. The standard InChI is InChI=1S/C23H27N3O4/c27-23(25-15-21-7-4-10-28-21)12-17-8-9-24-14-18(17)11-19-13-22(30-26-19)16-29-20-5-2-1-3-6-20/h1-7,10,13,17-18,24H,8-9,11-12,14-16H2,(H,25,27). The van der Waals surface area contributed by atoms with Crippen molar-refractivity contribution in [3.8, 4) is 5.75 Å². The fourth-order valence-electron chi connectivity index (χ4n) is 3.85. The number of furan rings is 1. The predicted octanol–water partition coefficient (Wildman–Crippen LogP) is 3.32. The Kier molecular flexibility index (Phi) is 6.82. The van der Waals surface area contributed by atoms with Gasteiger partial charge in [-0.1, -0.05) is 23.4 Å². The number of carbonyl (C=O) groups excluding carboxylic acids is 1. The molecule has 2 atom stereocenters. The number of rotatable bonds is 9. The van der Waals surface area contributed by atoms with Crippen molar-refractivity contribution >= 4 is 5.91 Å². The lowest BCUT2D eigenvalue weighted by Gasteiger charge is -2.31. The van der Waals surface area contributed by atoms with E-state index in [2.05, 4.69) is 15.8 Å². The number of nitrogens with one attached hydrogen (secondary N) is 2. The number of hydrogen-bond acceptors (Lipinski definition) is 6. The van der Waals surface area contributed by atoms with Gasteiger partial charge in [0.2, 0.25) is 5.91 Å². The van der Waals surface area contributed by atoms with E-state index in [1.807, 2.05) is 48.5 Å². The van der Waals surface area contributed by atoms with Crippen LogP contribution in [0.25, 0.3) is 0 Å². The first-order valence-electron chi connectivity index (χ1n) is 10.4. The highest BCUT2D eigenvalue weighted by Gasteiger charge is 2.28. The van der Waals surface area contributed by atoms with Gasteiger partial charge in [0.25, 0.3) is 0 Å². The molecule has 0 radical (unpaired) electrons. The molecule has 7 nitrogen and oxygen atoms in total. The second kappa shape index (κ2) is 10.1. The van der Waals surface area contributed by atoms with Gasteiger partial charge in [0.15, 0.2) is 5.76 Å². The molecule has 2 aromatic heterocycles. The Labute approximate surface area is 175 Å². The molecule has 158 valence electrons. The van der Waals surface area contributed by atoms with Crippen LogP contribution in [0.2, 0.25) is 0 Å². The van der Waals surface area contributed by atoms with E-state index in [0.29, 0.717) is 37.2 Å². The number of nitrogens with zero attached hydrogens (tertiary/aromatic N) is 1. The zero-order valence-electron chi connectivity index (χ0n) is 16.9. The smallest absolute Gasteiger partial charge is 0.220 e. The summed E-state index contributed by atoms with van der Waals surface area (Å²) < 4.78 is 16.4. The van der Waals surface area contributed by atoms with Crippen LogP contribution >= 0.6 is 0 Å². The Morgan fingerprint density at radius 1 is 1.17 bits per heavy atom. The first-order chi connectivity index (χ1) is 14.8. The molecule has 1 fully saturated rings. The summed E-state index contributed by atoms with van der Waals surface area (Å²) in [6.07, 6.45) is 3.87. The second-order valence-corrected chi connectivity index (χ2v) is 7.66. The number of carbonyl (C=O) groups is 1. The summed E-state index contributed by atoms with van der Waals surface area (Å²) in [5.74, 6) is 2.96. The monoisotopic (exact) mass is 409 g/mol. The van der Waals surface area contributed by atoms with E-state index < -0.39 is 0 Å². The molecule has 1 amide bonds. The minimum Gasteiger partial charge on any atom is -0.486 e.